The number of nitrogens with one attached hydrogen (secondary N) is 2. The molecule has 0 amide bonds. The van der Waals surface area contributed by atoms with Gasteiger partial charge in [-0.3, -0.25) is 9.40 Å². The number of para-hydroxylation sites is 1. The molecule has 3 heterocycles. The Balaban J connectivity index is 1.54. The van der Waals surface area contributed by atoms with Crippen LogP contribution in [-0.2, 0) is 17.1 Å². The highest BCUT2D eigenvalue weighted by Gasteiger charge is 2.15. The van der Waals surface area contributed by atoms with Crippen molar-refractivity contribution in [2.45, 2.75) is 6.92 Å². The van der Waals surface area contributed by atoms with Crippen molar-refractivity contribution in [3.63, 3.8) is 0 Å². The van der Waals surface area contributed by atoms with Crippen LogP contribution >= 0.6 is 0 Å². The van der Waals surface area contributed by atoms with Crippen LogP contribution in [0.3, 0.4) is 0 Å². The van der Waals surface area contributed by atoms with Gasteiger partial charge in [0, 0.05) is 23.7 Å². The Morgan fingerprint density at radius 1 is 1.03 bits per heavy atom. The molecule has 32 heavy (non-hydrogen) atoms. The lowest BCUT2D eigenvalue weighted by molar-refractivity contribution is 0.602. The quantitative estimate of drug-likeness (QED) is 0.410. The van der Waals surface area contributed by atoms with Crippen LogP contribution in [0.2, 0.25) is 0 Å². The number of hydrogen-bond donors (Lipinski definition) is 2. The van der Waals surface area contributed by atoms with E-state index in [0.29, 0.717) is 11.6 Å². The summed E-state index contributed by atoms with van der Waals surface area (Å²) in [7, 11) is -1.52. The second-order valence-electron chi connectivity index (χ2n) is 7.35. The molecule has 162 valence electrons. The summed E-state index contributed by atoms with van der Waals surface area (Å²) in [5, 5.41) is 13.2. The van der Waals surface area contributed by atoms with Gasteiger partial charge in [-0.25, -0.2) is 17.9 Å². The first-order chi connectivity index (χ1) is 15.4. The largest absolute Gasteiger partial charge is 0.323 e. The van der Waals surface area contributed by atoms with Crippen molar-refractivity contribution in [1.82, 2.24) is 24.4 Å². The van der Waals surface area contributed by atoms with Crippen LogP contribution < -0.4 is 10.0 Å². The van der Waals surface area contributed by atoms with Gasteiger partial charge in [-0.1, -0.05) is 18.2 Å². The van der Waals surface area contributed by atoms with Gasteiger partial charge in [-0.15, -0.1) is 5.10 Å². The zero-order valence-electron chi connectivity index (χ0n) is 17.5. The van der Waals surface area contributed by atoms with Crippen LogP contribution in [0.25, 0.3) is 27.7 Å². The molecule has 0 saturated heterocycles. The van der Waals surface area contributed by atoms with Crippen LogP contribution in [0.5, 0.6) is 0 Å². The molecule has 5 aromatic rings. The number of anilines is 3. The van der Waals surface area contributed by atoms with E-state index in [9.17, 15) is 8.42 Å². The highest BCUT2D eigenvalue weighted by Crippen LogP contribution is 2.30. The Kier molecular flexibility index (Phi) is 4.78. The van der Waals surface area contributed by atoms with Crippen LogP contribution in [0.4, 0.5) is 17.3 Å². The molecule has 0 saturated carbocycles. The lowest BCUT2D eigenvalue weighted by atomic mass is 10.1. The molecule has 0 unspecified atom stereocenters. The second kappa shape index (κ2) is 7.65. The van der Waals surface area contributed by atoms with E-state index in [4.69, 9.17) is 0 Å². The van der Waals surface area contributed by atoms with E-state index in [0.717, 1.165) is 33.4 Å². The number of rotatable bonds is 6. The van der Waals surface area contributed by atoms with Crippen molar-refractivity contribution in [2.75, 3.05) is 15.8 Å². The van der Waals surface area contributed by atoms with Crippen molar-refractivity contribution in [1.29, 1.82) is 0 Å². The van der Waals surface area contributed by atoms with Crippen LogP contribution in [0, 0.1) is 0 Å². The molecule has 2 aromatic carbocycles. The van der Waals surface area contributed by atoms with Gasteiger partial charge in [-0.2, -0.15) is 5.10 Å². The van der Waals surface area contributed by atoms with Gasteiger partial charge in [0.1, 0.15) is 0 Å². The fraction of sp³-hybridized carbons (Fsp3) is 0.136. The molecule has 0 fully saturated rings. The molecule has 0 spiro atoms. The average molecular weight is 448 g/mol. The van der Waals surface area contributed by atoms with E-state index >= 15 is 0 Å². The van der Waals surface area contributed by atoms with Gasteiger partial charge in [-0.05, 0) is 43.3 Å². The first-order valence-corrected chi connectivity index (χ1v) is 11.7. The van der Waals surface area contributed by atoms with Crippen LogP contribution in [0.15, 0.2) is 67.0 Å². The van der Waals surface area contributed by atoms with Gasteiger partial charge in [0.05, 0.1) is 40.6 Å². The summed E-state index contributed by atoms with van der Waals surface area (Å²) in [5.41, 5.74) is 4.61. The van der Waals surface area contributed by atoms with Gasteiger partial charge in [0.25, 0.3) is 0 Å². The summed E-state index contributed by atoms with van der Waals surface area (Å²) in [6.45, 7) is 1.60. The molecule has 10 heteroatoms. The number of fused-ring (bicyclic) bond motifs is 2. The molecule has 0 aliphatic heterocycles. The van der Waals surface area contributed by atoms with Crippen LogP contribution in [0.1, 0.15) is 6.92 Å². The van der Waals surface area contributed by atoms with Crippen molar-refractivity contribution in [2.24, 2.45) is 7.05 Å². The van der Waals surface area contributed by atoms with Crippen molar-refractivity contribution in [3.8, 4) is 11.3 Å². The van der Waals surface area contributed by atoms with E-state index in [1.54, 1.807) is 29.8 Å². The first-order valence-electron chi connectivity index (χ1n) is 10.1. The zero-order chi connectivity index (χ0) is 22.3. The molecule has 2 N–H and O–H groups in total. The average Bonchev–Trinajstić information content (AvgIpc) is 3.37. The van der Waals surface area contributed by atoms with Crippen molar-refractivity contribution in [3.05, 3.63) is 67.0 Å². The van der Waals surface area contributed by atoms with Gasteiger partial charge in [0.2, 0.25) is 16.0 Å². The van der Waals surface area contributed by atoms with E-state index in [1.165, 1.54) is 0 Å². The van der Waals surface area contributed by atoms with Gasteiger partial charge in [0.15, 0.2) is 0 Å². The number of sulfonamides is 1. The SMILES string of the molecule is CCS(=O)(=O)Nc1ccccc1-c1ccc2cnc(Nc3ccc4cnn(C)c4c3)nn12. The summed E-state index contributed by atoms with van der Waals surface area (Å²) in [6.07, 6.45) is 3.54. The molecule has 5 rings (SSSR count). The topological polar surface area (TPSA) is 106 Å². The van der Waals surface area contributed by atoms with Crippen molar-refractivity contribution < 1.29 is 8.42 Å². The molecule has 0 aliphatic rings. The number of aromatic nitrogens is 5. The minimum absolute atomic E-state index is 0.00647. The summed E-state index contributed by atoms with van der Waals surface area (Å²) in [5.74, 6) is 0.413. The third-order valence-electron chi connectivity index (χ3n) is 5.25. The van der Waals surface area contributed by atoms with E-state index in [2.05, 4.69) is 25.2 Å². The Labute approximate surface area is 184 Å². The first kappa shape index (κ1) is 20.0. The lowest BCUT2D eigenvalue weighted by Crippen LogP contribution is -2.15. The van der Waals surface area contributed by atoms with E-state index in [1.807, 2.05) is 60.4 Å². The lowest BCUT2D eigenvalue weighted by Gasteiger charge is -2.12. The second-order valence-corrected chi connectivity index (χ2v) is 9.37. The maximum Gasteiger partial charge on any atom is 0.245 e. The molecule has 0 aliphatic carbocycles. The fourth-order valence-corrected chi connectivity index (χ4v) is 4.21. The number of benzene rings is 2. The predicted octanol–water partition coefficient (Wildman–Crippen LogP) is 3.79. The molecule has 0 atom stereocenters. The Morgan fingerprint density at radius 2 is 1.88 bits per heavy atom. The molecular weight excluding hydrogens is 426 g/mol. The van der Waals surface area contributed by atoms with E-state index in [-0.39, 0.29) is 5.75 Å². The molecule has 0 bridgehead atoms. The number of nitrogens with zero attached hydrogens (tertiary/aromatic N) is 5. The Morgan fingerprint density at radius 3 is 2.72 bits per heavy atom. The minimum atomic E-state index is -3.42. The van der Waals surface area contributed by atoms with Gasteiger partial charge >= 0.3 is 0 Å². The van der Waals surface area contributed by atoms with E-state index < -0.39 is 10.0 Å². The molecule has 9 nitrogen and oxygen atoms in total. The summed E-state index contributed by atoms with van der Waals surface area (Å²) >= 11 is 0. The molecule has 0 radical (unpaired) electrons. The third-order valence-corrected chi connectivity index (χ3v) is 6.54. The van der Waals surface area contributed by atoms with Gasteiger partial charge < -0.3 is 5.32 Å². The zero-order valence-corrected chi connectivity index (χ0v) is 18.3. The predicted molar refractivity (Wildman–Crippen MR) is 126 cm³/mol. The smallest absolute Gasteiger partial charge is 0.245 e. The van der Waals surface area contributed by atoms with Crippen molar-refractivity contribution >= 4 is 43.8 Å². The molecule has 3 aromatic heterocycles. The Hall–Kier alpha value is -3.92. The maximum atomic E-state index is 12.1. The summed E-state index contributed by atoms with van der Waals surface area (Å²) in [6, 6.07) is 17.0. The number of aryl methyl sites for hydroxylation is 1. The summed E-state index contributed by atoms with van der Waals surface area (Å²) < 4.78 is 30.5. The Bertz CT molecular complexity index is 1550. The fourth-order valence-electron chi connectivity index (χ4n) is 3.55. The molecular formula is C22H21N7O2S. The third kappa shape index (κ3) is 3.65. The summed E-state index contributed by atoms with van der Waals surface area (Å²) in [4.78, 5) is 4.42. The highest BCUT2D eigenvalue weighted by atomic mass is 32.2. The highest BCUT2D eigenvalue weighted by molar-refractivity contribution is 7.92. The minimum Gasteiger partial charge on any atom is -0.323 e. The monoisotopic (exact) mass is 447 g/mol. The van der Waals surface area contributed by atoms with Crippen LogP contribution in [-0.4, -0.2) is 38.5 Å². The standard InChI is InChI=1S/C22H21N7O2S/c1-3-32(30,31)27-19-7-5-4-6-18(19)20-11-10-17-14-23-22(26-29(17)20)25-16-9-8-15-13-24-28(2)21(15)12-16/h4-14,27H,3H2,1-2H3,(H,25,26). The number of hydrogen-bond acceptors (Lipinski definition) is 6. The maximum absolute atomic E-state index is 12.1. The normalized spacial score (nSPS) is 11.8.